The average molecular weight is 625 g/mol. The van der Waals surface area contributed by atoms with Crippen LogP contribution in [0.1, 0.15) is 59.4 Å². The SMILES string of the molecule is CSC1O[C@H]([C@H](NC(=O)[C@H]2NC[C@@H]3C[C@H](CC(C)C)CCO[C@H]32)[C@H](C)Sc2ccc(CC(C)C)cc2)C(O)C(O)[C@H]1O. The zero-order valence-corrected chi connectivity index (χ0v) is 27.6. The van der Waals surface area contributed by atoms with Crippen molar-refractivity contribution >= 4 is 29.4 Å². The number of rotatable bonds is 11. The Labute approximate surface area is 260 Å². The minimum atomic E-state index is -1.38. The summed E-state index contributed by atoms with van der Waals surface area (Å²) in [5, 5.41) is 38.7. The number of hydrogen-bond donors (Lipinski definition) is 5. The minimum Gasteiger partial charge on any atom is -0.388 e. The third kappa shape index (κ3) is 8.44. The van der Waals surface area contributed by atoms with Gasteiger partial charge in [0.1, 0.15) is 35.9 Å². The number of hydrogen-bond acceptors (Lipinski definition) is 9. The van der Waals surface area contributed by atoms with Crippen molar-refractivity contribution in [2.45, 2.75) is 118 Å². The summed E-state index contributed by atoms with van der Waals surface area (Å²) in [6.45, 7) is 12.3. The van der Waals surface area contributed by atoms with Crippen LogP contribution in [-0.4, -0.2) is 93.9 Å². The van der Waals surface area contributed by atoms with Crippen LogP contribution in [0.3, 0.4) is 0 Å². The molecule has 10 heteroatoms. The molecule has 0 radical (unpaired) electrons. The Morgan fingerprint density at radius 3 is 2.40 bits per heavy atom. The number of nitrogens with one attached hydrogen (secondary N) is 2. The predicted octanol–water partition coefficient (Wildman–Crippen LogP) is 3.45. The number of benzene rings is 1. The second-order valence-corrected chi connectivity index (χ2v) is 15.7. The first kappa shape index (κ1) is 34.0. The molecule has 8 nitrogen and oxygen atoms in total. The lowest BCUT2D eigenvalue weighted by atomic mass is 9.85. The van der Waals surface area contributed by atoms with E-state index in [-0.39, 0.29) is 23.2 Å². The van der Waals surface area contributed by atoms with Gasteiger partial charge in [0.25, 0.3) is 0 Å². The molecular formula is C32H52N2O6S2. The molecule has 0 saturated carbocycles. The van der Waals surface area contributed by atoms with Gasteiger partial charge in [-0.15, -0.1) is 23.5 Å². The number of carbonyl (C=O) groups is 1. The van der Waals surface area contributed by atoms with Crippen LogP contribution in [-0.2, 0) is 20.7 Å². The van der Waals surface area contributed by atoms with Gasteiger partial charge in [-0.05, 0) is 73.3 Å². The van der Waals surface area contributed by atoms with E-state index >= 15 is 0 Å². The Bertz CT molecular complexity index is 996. The Morgan fingerprint density at radius 1 is 1.05 bits per heavy atom. The highest BCUT2D eigenvalue weighted by Gasteiger charge is 2.50. The molecular weight excluding hydrogens is 572 g/mol. The second-order valence-electron chi connectivity index (χ2n) is 13.3. The summed E-state index contributed by atoms with van der Waals surface area (Å²) >= 11 is 2.87. The third-order valence-corrected chi connectivity index (χ3v) is 10.9. The molecule has 1 amide bonds. The van der Waals surface area contributed by atoms with E-state index in [9.17, 15) is 20.1 Å². The number of aliphatic hydroxyl groups excluding tert-OH is 3. The van der Waals surface area contributed by atoms with E-state index in [0.29, 0.717) is 24.4 Å². The number of carbonyl (C=O) groups excluding carboxylic acids is 1. The van der Waals surface area contributed by atoms with E-state index in [2.05, 4.69) is 62.6 Å². The van der Waals surface area contributed by atoms with Crippen LogP contribution in [0.5, 0.6) is 0 Å². The van der Waals surface area contributed by atoms with Crippen molar-refractivity contribution in [1.29, 1.82) is 0 Å². The van der Waals surface area contributed by atoms with Crippen molar-refractivity contribution in [3.63, 3.8) is 0 Å². The van der Waals surface area contributed by atoms with E-state index in [0.717, 1.165) is 30.7 Å². The first-order valence-corrected chi connectivity index (χ1v) is 17.8. The molecule has 3 fully saturated rings. The van der Waals surface area contributed by atoms with Gasteiger partial charge in [-0.1, -0.05) is 46.8 Å². The van der Waals surface area contributed by atoms with Crippen molar-refractivity contribution < 1.29 is 29.6 Å². The fourth-order valence-electron chi connectivity index (χ4n) is 6.82. The highest BCUT2D eigenvalue weighted by Crippen LogP contribution is 2.36. The Hall–Kier alpha value is -0.850. The summed E-state index contributed by atoms with van der Waals surface area (Å²) in [4.78, 5) is 15.0. The Kier molecular flexibility index (Phi) is 12.5. The number of aliphatic hydroxyl groups is 3. The zero-order valence-electron chi connectivity index (χ0n) is 25.9. The molecule has 1 aromatic carbocycles. The maximum Gasteiger partial charge on any atom is 0.240 e. The smallest absolute Gasteiger partial charge is 0.240 e. The quantitative estimate of drug-likeness (QED) is 0.236. The minimum absolute atomic E-state index is 0.188. The van der Waals surface area contributed by atoms with Gasteiger partial charge in [0.2, 0.25) is 5.91 Å². The molecule has 1 aromatic rings. The predicted molar refractivity (Wildman–Crippen MR) is 170 cm³/mol. The van der Waals surface area contributed by atoms with Crippen molar-refractivity contribution in [3.8, 4) is 0 Å². The van der Waals surface area contributed by atoms with E-state index in [1.165, 1.54) is 23.7 Å². The fraction of sp³-hybridized carbons (Fsp3) is 0.781. The summed E-state index contributed by atoms with van der Waals surface area (Å²) in [7, 11) is 0. The lowest BCUT2D eigenvalue weighted by Gasteiger charge is -2.44. The van der Waals surface area contributed by atoms with Crippen LogP contribution >= 0.6 is 23.5 Å². The van der Waals surface area contributed by atoms with Crippen LogP contribution in [0.25, 0.3) is 0 Å². The largest absolute Gasteiger partial charge is 0.388 e. The van der Waals surface area contributed by atoms with Crippen molar-refractivity contribution in [1.82, 2.24) is 10.6 Å². The third-order valence-electron chi connectivity index (χ3n) is 8.85. The summed E-state index contributed by atoms with van der Waals surface area (Å²) in [5.74, 6) is 1.89. The van der Waals surface area contributed by atoms with Crippen LogP contribution in [0, 0.1) is 23.7 Å². The topological polar surface area (TPSA) is 120 Å². The van der Waals surface area contributed by atoms with Crippen molar-refractivity contribution in [2.24, 2.45) is 23.7 Å². The molecule has 3 unspecified atom stereocenters. The van der Waals surface area contributed by atoms with Gasteiger partial charge in [-0.3, -0.25) is 4.79 Å². The number of fused-ring (bicyclic) bond motifs is 1. The van der Waals surface area contributed by atoms with E-state index in [1.54, 1.807) is 18.0 Å². The van der Waals surface area contributed by atoms with Crippen molar-refractivity contribution in [3.05, 3.63) is 29.8 Å². The summed E-state index contributed by atoms with van der Waals surface area (Å²) in [6, 6.07) is 7.32. The molecule has 3 heterocycles. The van der Waals surface area contributed by atoms with Crippen molar-refractivity contribution in [2.75, 3.05) is 19.4 Å². The summed E-state index contributed by atoms with van der Waals surface area (Å²) in [5.41, 5.74) is 0.552. The average Bonchev–Trinajstić information content (AvgIpc) is 3.22. The molecule has 0 spiro atoms. The van der Waals surface area contributed by atoms with Crippen LogP contribution in [0.4, 0.5) is 0 Å². The molecule has 0 aliphatic carbocycles. The normalized spacial score (nSPS) is 35.1. The van der Waals surface area contributed by atoms with Crippen LogP contribution in [0.15, 0.2) is 29.2 Å². The Balaban J connectivity index is 1.52. The van der Waals surface area contributed by atoms with Gasteiger partial charge >= 0.3 is 0 Å². The highest BCUT2D eigenvalue weighted by atomic mass is 32.2. The first-order valence-electron chi connectivity index (χ1n) is 15.6. The number of thioether (sulfide) groups is 2. The van der Waals surface area contributed by atoms with E-state index < -0.39 is 41.9 Å². The van der Waals surface area contributed by atoms with Crippen LogP contribution < -0.4 is 10.6 Å². The van der Waals surface area contributed by atoms with Gasteiger partial charge in [0.15, 0.2) is 0 Å². The monoisotopic (exact) mass is 624 g/mol. The molecule has 3 aliphatic heterocycles. The maximum absolute atomic E-state index is 13.9. The van der Waals surface area contributed by atoms with E-state index in [4.69, 9.17) is 9.47 Å². The molecule has 238 valence electrons. The first-order chi connectivity index (χ1) is 20.0. The van der Waals surface area contributed by atoms with Crippen LogP contribution in [0.2, 0.25) is 0 Å². The second kappa shape index (κ2) is 15.4. The summed E-state index contributed by atoms with van der Waals surface area (Å²) in [6.07, 6.45) is 0.946. The molecule has 3 saturated heterocycles. The molecule has 11 atom stereocenters. The molecule has 42 heavy (non-hydrogen) atoms. The fourth-order valence-corrected chi connectivity index (χ4v) is 8.59. The lowest BCUT2D eigenvalue weighted by Crippen LogP contribution is -2.65. The van der Waals surface area contributed by atoms with E-state index in [1.807, 2.05) is 6.92 Å². The summed E-state index contributed by atoms with van der Waals surface area (Å²) < 4.78 is 12.5. The van der Waals surface area contributed by atoms with Gasteiger partial charge in [-0.25, -0.2) is 0 Å². The molecule has 3 aliphatic rings. The Morgan fingerprint density at radius 2 is 1.76 bits per heavy atom. The molecule has 0 aromatic heterocycles. The van der Waals surface area contributed by atoms with Gasteiger partial charge in [0.05, 0.1) is 12.1 Å². The van der Waals surface area contributed by atoms with Gasteiger partial charge < -0.3 is 35.4 Å². The lowest BCUT2D eigenvalue weighted by molar-refractivity contribution is -0.205. The van der Waals surface area contributed by atoms with Gasteiger partial charge in [0, 0.05) is 23.3 Å². The highest BCUT2D eigenvalue weighted by molar-refractivity contribution is 8.00. The molecule has 0 bridgehead atoms. The standard InChI is InChI=1S/C32H52N2O6S2/c1-17(2)13-20-7-9-23(10-8-20)42-19(5)24(30-27(36)26(35)28(37)32(40-30)41-6)34-31(38)25-29-22(16-33-25)15-21(11-12-39-29)14-18(3)4/h7-10,17-19,21-22,24-30,32-33,35-37H,11-16H2,1-6H3,(H,34,38)/t19-,21-,22-,24+,25-,26?,27?,28+,29+,30+,32?/m0/s1. The molecule has 5 N–H and O–H groups in total. The number of ether oxygens (including phenoxy) is 2. The molecule has 4 rings (SSSR count). The zero-order chi connectivity index (χ0) is 30.6. The number of amides is 1. The maximum atomic E-state index is 13.9. The van der Waals surface area contributed by atoms with Gasteiger partial charge in [-0.2, -0.15) is 0 Å².